The van der Waals surface area contributed by atoms with Gasteiger partial charge in [-0.15, -0.1) is 0 Å². The van der Waals surface area contributed by atoms with Crippen LogP contribution in [-0.4, -0.2) is 17.3 Å². The Balaban J connectivity index is 2.89. The van der Waals surface area contributed by atoms with Gasteiger partial charge in [-0.2, -0.15) is 0 Å². The van der Waals surface area contributed by atoms with Crippen molar-refractivity contribution in [3.05, 3.63) is 41.5 Å². The molecule has 1 aromatic rings. The van der Waals surface area contributed by atoms with Gasteiger partial charge in [-0.25, -0.2) is 4.79 Å². The fourth-order valence-corrected chi connectivity index (χ4v) is 0.920. The van der Waals surface area contributed by atoms with Crippen LogP contribution in [0.15, 0.2) is 30.3 Å². The van der Waals surface area contributed by atoms with Gasteiger partial charge in [0.1, 0.15) is 0 Å². The highest BCUT2D eigenvalue weighted by molar-refractivity contribution is 5.86. The largest absolute Gasteiger partial charge is 0.478 e. The van der Waals surface area contributed by atoms with Crippen LogP contribution in [0.3, 0.4) is 0 Å². The molecule has 0 aliphatic rings. The van der Waals surface area contributed by atoms with Crippen molar-refractivity contribution in [1.29, 1.82) is 5.41 Å². The molecule has 13 heavy (non-hydrogen) atoms. The van der Waals surface area contributed by atoms with E-state index in [1.54, 1.807) is 24.3 Å². The molecule has 0 unspecified atom stereocenters. The molecule has 0 radical (unpaired) electrons. The SMILES string of the molecule is N=Cc1cccc(/C=C/C(=O)O)c1. The molecule has 0 aliphatic carbocycles. The predicted molar refractivity (Wildman–Crippen MR) is 51.0 cm³/mol. The summed E-state index contributed by atoms with van der Waals surface area (Å²) in [4.78, 5) is 10.2. The third kappa shape index (κ3) is 2.91. The van der Waals surface area contributed by atoms with E-state index in [2.05, 4.69) is 0 Å². The lowest BCUT2D eigenvalue weighted by molar-refractivity contribution is -0.131. The summed E-state index contributed by atoms with van der Waals surface area (Å²) in [5.74, 6) is -0.972. The van der Waals surface area contributed by atoms with Gasteiger partial charge in [0, 0.05) is 12.3 Å². The van der Waals surface area contributed by atoms with E-state index in [-0.39, 0.29) is 0 Å². The monoisotopic (exact) mass is 175 g/mol. The molecule has 0 aliphatic heterocycles. The molecule has 0 atom stereocenters. The minimum Gasteiger partial charge on any atom is -0.478 e. The molecule has 1 rings (SSSR count). The molecular formula is C10H9NO2. The molecule has 0 aromatic heterocycles. The molecule has 0 saturated carbocycles. The maximum Gasteiger partial charge on any atom is 0.328 e. The Morgan fingerprint density at radius 1 is 1.38 bits per heavy atom. The summed E-state index contributed by atoms with van der Waals surface area (Å²) in [5.41, 5.74) is 1.54. The Bertz CT molecular complexity index is 356. The lowest BCUT2D eigenvalue weighted by atomic mass is 10.1. The van der Waals surface area contributed by atoms with Gasteiger partial charge in [-0.3, -0.25) is 0 Å². The van der Waals surface area contributed by atoms with Crippen molar-refractivity contribution < 1.29 is 9.90 Å². The fraction of sp³-hybridized carbons (Fsp3) is 0. The molecule has 0 heterocycles. The Morgan fingerprint density at radius 3 is 2.69 bits per heavy atom. The molecule has 0 bridgehead atoms. The number of carbonyl (C=O) groups is 1. The molecule has 0 amide bonds. The highest BCUT2D eigenvalue weighted by Gasteiger charge is 1.90. The first-order valence-electron chi connectivity index (χ1n) is 3.74. The standard InChI is InChI=1S/C10H9NO2/c11-7-9-3-1-2-8(6-9)4-5-10(12)13/h1-7,11H,(H,12,13)/b5-4+,11-7?. The first-order chi connectivity index (χ1) is 6.22. The van der Waals surface area contributed by atoms with Gasteiger partial charge in [-0.1, -0.05) is 18.2 Å². The fourth-order valence-electron chi connectivity index (χ4n) is 0.920. The maximum absolute atomic E-state index is 10.2. The van der Waals surface area contributed by atoms with Crippen LogP contribution in [0.25, 0.3) is 6.08 Å². The quantitative estimate of drug-likeness (QED) is 0.543. The van der Waals surface area contributed by atoms with Gasteiger partial charge < -0.3 is 10.5 Å². The average molecular weight is 175 g/mol. The van der Waals surface area contributed by atoms with E-state index in [1.807, 2.05) is 0 Å². The zero-order valence-corrected chi connectivity index (χ0v) is 6.90. The van der Waals surface area contributed by atoms with E-state index in [9.17, 15) is 4.79 Å². The summed E-state index contributed by atoms with van der Waals surface area (Å²) >= 11 is 0. The molecule has 0 fully saturated rings. The molecule has 0 spiro atoms. The topological polar surface area (TPSA) is 61.2 Å². The van der Waals surface area contributed by atoms with Crippen molar-refractivity contribution in [3.8, 4) is 0 Å². The second-order valence-electron chi connectivity index (χ2n) is 2.49. The number of benzene rings is 1. The molecule has 0 saturated heterocycles. The second kappa shape index (κ2) is 4.21. The smallest absolute Gasteiger partial charge is 0.328 e. The highest BCUT2D eigenvalue weighted by atomic mass is 16.4. The molecule has 2 N–H and O–H groups in total. The number of carboxylic acid groups (broad SMARTS) is 1. The average Bonchev–Trinajstić information content (AvgIpc) is 2.15. The number of nitrogens with one attached hydrogen (secondary N) is 1. The van der Waals surface area contributed by atoms with E-state index in [0.29, 0.717) is 0 Å². The molecule has 1 aromatic carbocycles. The van der Waals surface area contributed by atoms with Crippen molar-refractivity contribution >= 4 is 18.3 Å². The van der Waals surface area contributed by atoms with Crippen molar-refractivity contribution in [3.63, 3.8) is 0 Å². The van der Waals surface area contributed by atoms with Gasteiger partial charge in [0.25, 0.3) is 0 Å². The van der Waals surface area contributed by atoms with Crippen LogP contribution in [0, 0.1) is 5.41 Å². The van der Waals surface area contributed by atoms with Crippen molar-refractivity contribution in [2.45, 2.75) is 0 Å². The zero-order valence-electron chi connectivity index (χ0n) is 6.90. The Kier molecular flexibility index (Phi) is 2.97. The lowest BCUT2D eigenvalue weighted by Crippen LogP contribution is -1.86. The van der Waals surface area contributed by atoms with E-state index in [0.717, 1.165) is 17.2 Å². The summed E-state index contributed by atoms with van der Waals surface area (Å²) in [6.07, 6.45) is 3.79. The highest BCUT2D eigenvalue weighted by Crippen LogP contribution is 2.04. The number of rotatable bonds is 3. The molecule has 66 valence electrons. The summed E-state index contributed by atoms with van der Waals surface area (Å²) in [7, 11) is 0. The first kappa shape index (κ1) is 9.19. The van der Waals surface area contributed by atoms with Crippen LogP contribution >= 0.6 is 0 Å². The van der Waals surface area contributed by atoms with Crippen molar-refractivity contribution in [2.24, 2.45) is 0 Å². The third-order valence-corrected chi connectivity index (χ3v) is 1.50. The summed E-state index contributed by atoms with van der Waals surface area (Å²) in [6.45, 7) is 0. The van der Waals surface area contributed by atoms with Gasteiger partial charge in [0.05, 0.1) is 0 Å². The molecule has 3 nitrogen and oxygen atoms in total. The van der Waals surface area contributed by atoms with Crippen LogP contribution in [0.4, 0.5) is 0 Å². The first-order valence-corrected chi connectivity index (χ1v) is 3.74. The number of hydrogen-bond acceptors (Lipinski definition) is 2. The van der Waals surface area contributed by atoms with Gasteiger partial charge in [-0.05, 0) is 23.3 Å². The number of hydrogen-bond donors (Lipinski definition) is 2. The molecular weight excluding hydrogens is 166 g/mol. The summed E-state index contributed by atoms with van der Waals surface area (Å²) < 4.78 is 0. The van der Waals surface area contributed by atoms with Gasteiger partial charge in [0.15, 0.2) is 0 Å². The van der Waals surface area contributed by atoms with E-state index in [1.165, 1.54) is 12.3 Å². The summed E-state index contributed by atoms with van der Waals surface area (Å²) in [6, 6.07) is 7.09. The van der Waals surface area contributed by atoms with E-state index in [4.69, 9.17) is 10.5 Å². The van der Waals surface area contributed by atoms with Crippen LogP contribution in [0.1, 0.15) is 11.1 Å². The minimum atomic E-state index is -0.972. The maximum atomic E-state index is 10.2. The van der Waals surface area contributed by atoms with Gasteiger partial charge in [0.2, 0.25) is 0 Å². The van der Waals surface area contributed by atoms with E-state index < -0.39 is 5.97 Å². The minimum absolute atomic E-state index is 0.757. The Labute approximate surface area is 75.8 Å². The van der Waals surface area contributed by atoms with Crippen LogP contribution in [0.2, 0.25) is 0 Å². The third-order valence-electron chi connectivity index (χ3n) is 1.50. The van der Waals surface area contributed by atoms with Gasteiger partial charge >= 0.3 is 5.97 Å². The summed E-state index contributed by atoms with van der Waals surface area (Å²) in [5, 5.41) is 15.4. The van der Waals surface area contributed by atoms with Crippen molar-refractivity contribution in [1.82, 2.24) is 0 Å². The Morgan fingerprint density at radius 2 is 2.08 bits per heavy atom. The number of carboxylic acids is 1. The van der Waals surface area contributed by atoms with Crippen LogP contribution in [-0.2, 0) is 4.79 Å². The Hall–Kier alpha value is -1.90. The zero-order chi connectivity index (χ0) is 9.68. The lowest BCUT2D eigenvalue weighted by Gasteiger charge is -1.94. The second-order valence-corrected chi connectivity index (χ2v) is 2.49. The van der Waals surface area contributed by atoms with E-state index >= 15 is 0 Å². The normalized spacial score (nSPS) is 10.2. The van der Waals surface area contributed by atoms with Crippen LogP contribution in [0.5, 0.6) is 0 Å². The predicted octanol–water partition coefficient (Wildman–Crippen LogP) is 1.78. The number of aliphatic carboxylic acids is 1. The molecule has 3 heteroatoms. The van der Waals surface area contributed by atoms with Crippen molar-refractivity contribution in [2.75, 3.05) is 0 Å². The van der Waals surface area contributed by atoms with Crippen LogP contribution < -0.4 is 0 Å².